The van der Waals surface area contributed by atoms with E-state index in [4.69, 9.17) is 16.3 Å². The van der Waals surface area contributed by atoms with Crippen molar-refractivity contribution in [1.82, 2.24) is 14.8 Å². The number of fused-ring (bicyclic) bond motifs is 1. The van der Waals surface area contributed by atoms with Crippen LogP contribution in [0.2, 0.25) is 5.02 Å². The Labute approximate surface area is 211 Å². The maximum Gasteiger partial charge on any atom is 0.255 e. The Morgan fingerprint density at radius 3 is 2.63 bits per heavy atom. The van der Waals surface area contributed by atoms with Gasteiger partial charge in [0.1, 0.15) is 5.75 Å². The van der Waals surface area contributed by atoms with Crippen molar-refractivity contribution < 1.29 is 14.3 Å². The van der Waals surface area contributed by atoms with Crippen molar-refractivity contribution in [3.63, 3.8) is 0 Å². The molecule has 1 spiro atoms. The van der Waals surface area contributed by atoms with Crippen molar-refractivity contribution in [3.05, 3.63) is 63.5 Å². The molecular weight excluding hydrogens is 466 g/mol. The van der Waals surface area contributed by atoms with E-state index in [1.807, 2.05) is 4.90 Å². The molecule has 1 fully saturated rings. The number of aromatic nitrogens is 1. The van der Waals surface area contributed by atoms with Gasteiger partial charge in [-0.15, -0.1) is 0 Å². The molecule has 1 aromatic carbocycles. The Kier molecular flexibility index (Phi) is 8.50. The van der Waals surface area contributed by atoms with E-state index in [9.17, 15) is 14.4 Å². The van der Waals surface area contributed by atoms with Gasteiger partial charge in [-0.05, 0) is 55.4 Å². The number of carbonyl (C=O) groups is 2. The first-order chi connectivity index (χ1) is 17.0. The summed E-state index contributed by atoms with van der Waals surface area (Å²) in [5, 5.41) is 3.65. The van der Waals surface area contributed by atoms with Crippen molar-refractivity contribution in [2.45, 2.75) is 57.9 Å². The van der Waals surface area contributed by atoms with Gasteiger partial charge >= 0.3 is 0 Å². The second-order valence-corrected chi connectivity index (χ2v) is 10.1. The average molecular weight is 500 g/mol. The Balaban J connectivity index is 1.39. The molecule has 188 valence electrons. The van der Waals surface area contributed by atoms with Crippen LogP contribution in [0.4, 0.5) is 0 Å². The maximum absolute atomic E-state index is 13.1. The van der Waals surface area contributed by atoms with Crippen LogP contribution in [0.1, 0.15) is 61.7 Å². The number of rotatable bonds is 3. The van der Waals surface area contributed by atoms with Gasteiger partial charge < -0.3 is 19.5 Å². The maximum atomic E-state index is 13.1. The number of hydrogen-bond acceptors (Lipinski definition) is 4. The molecule has 0 saturated carbocycles. The molecule has 0 unspecified atom stereocenters. The van der Waals surface area contributed by atoms with Crippen LogP contribution >= 0.6 is 11.6 Å². The van der Waals surface area contributed by atoms with Crippen LogP contribution in [-0.2, 0) is 11.3 Å². The Morgan fingerprint density at radius 2 is 1.83 bits per heavy atom. The molecule has 0 radical (unpaired) electrons. The van der Waals surface area contributed by atoms with E-state index in [1.165, 1.54) is 6.07 Å². The quantitative estimate of drug-likeness (QED) is 0.683. The summed E-state index contributed by atoms with van der Waals surface area (Å²) in [6.45, 7) is 2.88. The lowest BCUT2D eigenvalue weighted by atomic mass is 9.74. The van der Waals surface area contributed by atoms with Crippen molar-refractivity contribution >= 4 is 23.4 Å². The predicted octanol–water partition coefficient (Wildman–Crippen LogP) is 4.27. The van der Waals surface area contributed by atoms with Crippen molar-refractivity contribution in [2.24, 2.45) is 5.41 Å². The van der Waals surface area contributed by atoms with Crippen molar-refractivity contribution in [2.75, 3.05) is 26.2 Å². The van der Waals surface area contributed by atoms with E-state index in [2.05, 4.69) is 5.32 Å². The number of nitrogens with one attached hydrogen (secondary N) is 1. The number of aryl methyl sites for hydroxylation is 1. The Bertz CT molecular complexity index is 1090. The predicted molar refractivity (Wildman–Crippen MR) is 136 cm³/mol. The summed E-state index contributed by atoms with van der Waals surface area (Å²) in [6, 6.07) is 10.2. The van der Waals surface area contributed by atoms with Crippen LogP contribution in [0.5, 0.6) is 5.75 Å². The number of hydrogen-bond donors (Lipinski definition) is 1. The minimum Gasteiger partial charge on any atom is -0.493 e. The third-order valence-electron chi connectivity index (χ3n) is 7.31. The highest BCUT2D eigenvalue weighted by molar-refractivity contribution is 6.31. The molecule has 7 nitrogen and oxygen atoms in total. The van der Waals surface area contributed by atoms with Crippen molar-refractivity contribution in [1.29, 1.82) is 0 Å². The number of piperidine rings is 1. The second-order valence-electron chi connectivity index (χ2n) is 9.70. The molecule has 2 aliphatic heterocycles. The SMILES string of the molecule is O=C1NCC2(CCCCCCOc3ccc(Cl)cc31)CCN(C(=O)CCn1ccccc1=O)CC2. The number of pyridine rings is 1. The average Bonchev–Trinajstić information content (AvgIpc) is 2.88. The lowest BCUT2D eigenvalue weighted by molar-refractivity contribution is -0.133. The number of ether oxygens (including phenoxy) is 1. The van der Waals surface area contributed by atoms with E-state index in [1.54, 1.807) is 41.1 Å². The third-order valence-corrected chi connectivity index (χ3v) is 7.55. The number of benzene rings is 1. The zero-order chi connectivity index (χ0) is 24.7. The highest BCUT2D eigenvalue weighted by Gasteiger charge is 2.36. The molecule has 0 atom stereocenters. The van der Waals surface area contributed by atoms with Gasteiger partial charge in [-0.1, -0.05) is 36.9 Å². The molecule has 1 N–H and O–H groups in total. The minimum absolute atomic E-state index is 0.0313. The fourth-order valence-electron chi connectivity index (χ4n) is 5.07. The van der Waals surface area contributed by atoms with Crippen LogP contribution in [0.3, 0.4) is 0 Å². The fraction of sp³-hybridized carbons (Fsp3) is 0.519. The first-order valence-corrected chi connectivity index (χ1v) is 13.0. The van der Waals surface area contributed by atoms with Crippen LogP contribution in [-0.4, -0.2) is 47.5 Å². The first-order valence-electron chi connectivity index (χ1n) is 12.6. The van der Waals surface area contributed by atoms with Gasteiger partial charge in [-0.25, -0.2) is 0 Å². The summed E-state index contributed by atoms with van der Waals surface area (Å²) in [5.41, 5.74) is 0.345. The molecule has 0 bridgehead atoms. The zero-order valence-electron chi connectivity index (χ0n) is 20.1. The normalized spacial score (nSPS) is 18.9. The summed E-state index contributed by atoms with van der Waals surface area (Å²) in [4.78, 5) is 39.7. The topological polar surface area (TPSA) is 80.6 Å². The third kappa shape index (κ3) is 6.66. The van der Waals surface area contributed by atoms with E-state index in [0.717, 1.165) is 44.9 Å². The first kappa shape index (κ1) is 25.3. The second kappa shape index (κ2) is 11.8. The Hall–Kier alpha value is -2.80. The summed E-state index contributed by atoms with van der Waals surface area (Å²) < 4.78 is 7.45. The molecular formula is C27H34ClN3O4. The summed E-state index contributed by atoms with van der Waals surface area (Å²) in [7, 11) is 0. The Morgan fingerprint density at radius 1 is 1.03 bits per heavy atom. The number of halogens is 1. The highest BCUT2D eigenvalue weighted by atomic mass is 35.5. The van der Waals surface area contributed by atoms with Crippen LogP contribution < -0.4 is 15.6 Å². The summed E-state index contributed by atoms with van der Waals surface area (Å²) in [5.74, 6) is 0.469. The highest BCUT2D eigenvalue weighted by Crippen LogP contribution is 2.37. The molecule has 2 aromatic rings. The molecule has 4 rings (SSSR count). The monoisotopic (exact) mass is 499 g/mol. The lowest BCUT2D eigenvalue weighted by Gasteiger charge is -2.42. The largest absolute Gasteiger partial charge is 0.493 e. The molecule has 0 aliphatic carbocycles. The van der Waals surface area contributed by atoms with Gasteiger partial charge in [-0.3, -0.25) is 14.4 Å². The fourth-order valence-corrected chi connectivity index (χ4v) is 5.24. The molecule has 8 heteroatoms. The molecule has 3 heterocycles. The smallest absolute Gasteiger partial charge is 0.255 e. The minimum atomic E-state index is -0.173. The van der Waals surface area contributed by atoms with Crippen LogP contribution in [0.25, 0.3) is 0 Å². The van der Waals surface area contributed by atoms with Gasteiger partial charge in [0.15, 0.2) is 0 Å². The number of nitrogens with zero attached hydrogens (tertiary/aromatic N) is 2. The van der Waals surface area contributed by atoms with Crippen molar-refractivity contribution in [3.8, 4) is 5.75 Å². The van der Waals surface area contributed by atoms with Crippen LogP contribution in [0.15, 0.2) is 47.4 Å². The number of amides is 2. The van der Waals surface area contributed by atoms with Gasteiger partial charge in [0.25, 0.3) is 11.5 Å². The van der Waals surface area contributed by atoms with Gasteiger partial charge in [0.05, 0.1) is 12.2 Å². The van der Waals surface area contributed by atoms with Gasteiger partial charge in [0, 0.05) is 49.9 Å². The van der Waals surface area contributed by atoms with E-state index >= 15 is 0 Å². The number of likely N-dealkylation sites (tertiary alicyclic amines) is 1. The van der Waals surface area contributed by atoms with Gasteiger partial charge in [0.2, 0.25) is 5.91 Å². The lowest BCUT2D eigenvalue weighted by Crippen LogP contribution is -2.48. The molecule has 2 aliphatic rings. The van der Waals surface area contributed by atoms with Gasteiger partial charge in [-0.2, -0.15) is 0 Å². The molecule has 1 aromatic heterocycles. The van der Waals surface area contributed by atoms with E-state index in [-0.39, 0.29) is 22.8 Å². The molecule has 1 saturated heterocycles. The molecule has 2 amide bonds. The van der Waals surface area contributed by atoms with Crippen LogP contribution in [0, 0.1) is 5.41 Å². The van der Waals surface area contributed by atoms with E-state index in [0.29, 0.717) is 55.5 Å². The van der Waals surface area contributed by atoms with E-state index < -0.39 is 0 Å². The number of carbonyl (C=O) groups excluding carboxylic acids is 2. The summed E-state index contributed by atoms with van der Waals surface area (Å²) >= 11 is 6.16. The zero-order valence-corrected chi connectivity index (χ0v) is 20.9. The summed E-state index contributed by atoms with van der Waals surface area (Å²) in [6.07, 6.45) is 9.01. The standard InChI is InChI=1S/C27H34ClN3O4/c28-21-8-9-23-22(19-21)26(34)29-20-27(11-4-1-2-6-18-35-23)12-16-31(17-13-27)25(33)10-15-30-14-5-3-7-24(30)32/h3,5,7-9,14,19H,1-2,4,6,10-13,15-18,20H2,(H,29,34). The molecule has 35 heavy (non-hydrogen) atoms.